The molecule has 0 fully saturated rings. The molecule has 0 bridgehead atoms. The number of hydrogen-bond acceptors (Lipinski definition) is 5. The number of nitro benzene ring substituents is 1. The summed E-state index contributed by atoms with van der Waals surface area (Å²) in [5, 5.41) is 11.7. The largest absolute Gasteiger partial charge is 0.279 e. The number of rotatable bonds is 3. The van der Waals surface area contributed by atoms with Crippen LogP contribution in [-0.4, -0.2) is 22.7 Å². The number of aromatic nitrogens is 2. The molecular formula is C13H8BN3O2S. The highest BCUT2D eigenvalue weighted by Crippen LogP contribution is 2.34. The van der Waals surface area contributed by atoms with Gasteiger partial charge in [-0.3, -0.25) is 10.1 Å². The summed E-state index contributed by atoms with van der Waals surface area (Å²) in [6.45, 7) is 0. The summed E-state index contributed by atoms with van der Waals surface area (Å²) in [5.74, 6) is 0. The fraction of sp³-hybridized carbons (Fsp3) is 0.0769. The van der Waals surface area contributed by atoms with Crippen LogP contribution in [0.15, 0.2) is 36.5 Å². The standard InChI is InChI=1S/C13H8BN3O2S/c14-6-8-5-10-13(15-7-8)20-12(16-10)9-3-1-2-4-11(9)17(18)19/h1-5,7H,6H2. The molecule has 0 aliphatic carbocycles. The molecule has 2 radical (unpaired) electrons. The molecule has 0 saturated carbocycles. The van der Waals surface area contributed by atoms with E-state index in [0.717, 1.165) is 10.4 Å². The lowest BCUT2D eigenvalue weighted by Gasteiger charge is -1.97. The first-order chi connectivity index (χ1) is 9.69. The highest BCUT2D eigenvalue weighted by atomic mass is 32.1. The molecule has 3 aromatic rings. The molecule has 2 aromatic heterocycles. The van der Waals surface area contributed by atoms with Crippen LogP contribution in [0.2, 0.25) is 0 Å². The zero-order chi connectivity index (χ0) is 14.1. The van der Waals surface area contributed by atoms with Crippen molar-refractivity contribution in [3.05, 3.63) is 52.2 Å². The minimum atomic E-state index is -0.403. The van der Waals surface area contributed by atoms with Gasteiger partial charge in [-0.05, 0) is 17.7 Å². The quantitative estimate of drug-likeness (QED) is 0.420. The zero-order valence-electron chi connectivity index (χ0n) is 10.3. The Morgan fingerprint density at radius 2 is 2.15 bits per heavy atom. The number of pyridine rings is 1. The van der Waals surface area contributed by atoms with Crippen LogP contribution in [0.3, 0.4) is 0 Å². The average molecular weight is 281 g/mol. The number of nitro groups is 1. The van der Waals surface area contributed by atoms with Gasteiger partial charge in [0.25, 0.3) is 5.69 Å². The monoisotopic (exact) mass is 281 g/mol. The molecule has 0 amide bonds. The van der Waals surface area contributed by atoms with Crippen molar-refractivity contribution in [2.45, 2.75) is 6.32 Å². The van der Waals surface area contributed by atoms with Gasteiger partial charge in [0, 0.05) is 12.3 Å². The van der Waals surface area contributed by atoms with Gasteiger partial charge in [0.15, 0.2) is 0 Å². The number of fused-ring (bicyclic) bond motifs is 1. The van der Waals surface area contributed by atoms with Gasteiger partial charge in [-0.25, -0.2) is 9.97 Å². The molecule has 96 valence electrons. The number of nitrogens with zero attached hydrogens (tertiary/aromatic N) is 3. The molecular weight excluding hydrogens is 273 g/mol. The van der Waals surface area contributed by atoms with Crippen molar-refractivity contribution in [1.82, 2.24) is 9.97 Å². The molecule has 20 heavy (non-hydrogen) atoms. The van der Waals surface area contributed by atoms with Crippen molar-refractivity contribution in [2.24, 2.45) is 0 Å². The van der Waals surface area contributed by atoms with E-state index < -0.39 is 4.92 Å². The Balaban J connectivity index is 2.18. The Morgan fingerprint density at radius 3 is 2.90 bits per heavy atom. The normalized spacial score (nSPS) is 10.8. The maximum atomic E-state index is 11.1. The lowest BCUT2D eigenvalue weighted by atomic mass is 9.99. The van der Waals surface area contributed by atoms with Gasteiger partial charge >= 0.3 is 0 Å². The summed E-state index contributed by atoms with van der Waals surface area (Å²) < 4.78 is 0. The Morgan fingerprint density at radius 1 is 1.35 bits per heavy atom. The van der Waals surface area contributed by atoms with Gasteiger partial charge in [-0.1, -0.05) is 29.8 Å². The van der Waals surface area contributed by atoms with Gasteiger partial charge in [0.1, 0.15) is 15.4 Å². The van der Waals surface area contributed by atoms with Crippen molar-refractivity contribution in [3.8, 4) is 10.6 Å². The van der Waals surface area contributed by atoms with E-state index >= 15 is 0 Å². The molecule has 0 atom stereocenters. The smallest absolute Gasteiger partial charge is 0.258 e. The first-order valence-electron chi connectivity index (χ1n) is 5.88. The van der Waals surface area contributed by atoms with Crippen LogP contribution in [0.4, 0.5) is 5.69 Å². The summed E-state index contributed by atoms with van der Waals surface area (Å²) in [5.41, 5.74) is 2.16. The average Bonchev–Trinajstić information content (AvgIpc) is 2.89. The second-order valence-corrected chi connectivity index (χ2v) is 5.14. The van der Waals surface area contributed by atoms with Crippen molar-refractivity contribution in [2.75, 3.05) is 0 Å². The van der Waals surface area contributed by atoms with Crippen molar-refractivity contribution < 1.29 is 4.92 Å². The van der Waals surface area contributed by atoms with Gasteiger partial charge < -0.3 is 0 Å². The van der Waals surface area contributed by atoms with E-state index in [1.165, 1.54) is 17.4 Å². The summed E-state index contributed by atoms with van der Waals surface area (Å²) in [6, 6.07) is 8.42. The lowest BCUT2D eigenvalue weighted by Crippen LogP contribution is -1.90. The molecule has 2 heterocycles. The van der Waals surface area contributed by atoms with Crippen LogP contribution >= 0.6 is 11.3 Å². The zero-order valence-corrected chi connectivity index (χ0v) is 11.1. The van der Waals surface area contributed by atoms with Crippen LogP contribution in [0.1, 0.15) is 5.56 Å². The summed E-state index contributed by atoms with van der Waals surface area (Å²) in [6.07, 6.45) is 2.09. The van der Waals surface area contributed by atoms with Gasteiger partial charge in [-0.15, -0.1) is 0 Å². The molecule has 5 nitrogen and oxygen atoms in total. The third-order valence-electron chi connectivity index (χ3n) is 2.87. The molecule has 0 aliphatic rings. The van der Waals surface area contributed by atoms with E-state index in [0.29, 0.717) is 22.4 Å². The van der Waals surface area contributed by atoms with E-state index in [2.05, 4.69) is 9.97 Å². The summed E-state index contributed by atoms with van der Waals surface area (Å²) in [7, 11) is 5.57. The minimum Gasteiger partial charge on any atom is -0.258 e. The third kappa shape index (κ3) is 2.16. The van der Waals surface area contributed by atoms with E-state index in [-0.39, 0.29) is 5.69 Å². The van der Waals surface area contributed by atoms with Crippen LogP contribution in [0, 0.1) is 10.1 Å². The second-order valence-electron chi connectivity index (χ2n) is 4.17. The van der Waals surface area contributed by atoms with E-state index in [1.54, 1.807) is 24.4 Å². The lowest BCUT2D eigenvalue weighted by molar-refractivity contribution is -0.384. The molecule has 0 unspecified atom stereocenters. The molecule has 7 heteroatoms. The maximum Gasteiger partial charge on any atom is 0.279 e. The van der Waals surface area contributed by atoms with E-state index in [4.69, 9.17) is 7.85 Å². The molecule has 0 aliphatic heterocycles. The van der Waals surface area contributed by atoms with Crippen molar-refractivity contribution >= 4 is 35.2 Å². The molecule has 1 aromatic carbocycles. The third-order valence-corrected chi connectivity index (χ3v) is 3.88. The Hall–Kier alpha value is -2.28. The highest BCUT2D eigenvalue weighted by molar-refractivity contribution is 7.21. The Bertz CT molecular complexity index is 803. The summed E-state index contributed by atoms with van der Waals surface area (Å²) >= 11 is 1.33. The predicted molar refractivity (Wildman–Crippen MR) is 79.0 cm³/mol. The second kappa shape index (κ2) is 5.01. The van der Waals surface area contributed by atoms with Crippen LogP contribution in [0.25, 0.3) is 20.9 Å². The highest BCUT2D eigenvalue weighted by Gasteiger charge is 2.17. The predicted octanol–water partition coefficient (Wildman–Crippen LogP) is 2.94. The molecule has 3 rings (SSSR count). The SMILES string of the molecule is [B]Cc1cnc2sc(-c3ccccc3[N+](=O)[O-])nc2c1. The van der Waals surface area contributed by atoms with Gasteiger partial charge in [0.05, 0.1) is 18.3 Å². The van der Waals surface area contributed by atoms with E-state index in [1.807, 2.05) is 6.07 Å². The number of para-hydroxylation sites is 1. The van der Waals surface area contributed by atoms with Gasteiger partial charge in [0.2, 0.25) is 0 Å². The molecule has 0 N–H and O–H groups in total. The van der Waals surface area contributed by atoms with Crippen molar-refractivity contribution in [1.29, 1.82) is 0 Å². The van der Waals surface area contributed by atoms with Crippen LogP contribution < -0.4 is 0 Å². The topological polar surface area (TPSA) is 68.9 Å². The Kier molecular flexibility index (Phi) is 3.19. The fourth-order valence-electron chi connectivity index (χ4n) is 1.91. The maximum absolute atomic E-state index is 11.1. The molecule has 0 saturated heterocycles. The van der Waals surface area contributed by atoms with Crippen LogP contribution in [-0.2, 0) is 6.32 Å². The molecule has 0 spiro atoms. The summed E-state index contributed by atoms with van der Waals surface area (Å²) in [4.78, 5) is 20.1. The van der Waals surface area contributed by atoms with Gasteiger partial charge in [-0.2, -0.15) is 0 Å². The fourth-order valence-corrected chi connectivity index (χ4v) is 2.83. The first-order valence-corrected chi connectivity index (χ1v) is 6.70. The number of thiazole rings is 1. The number of benzene rings is 1. The van der Waals surface area contributed by atoms with Crippen molar-refractivity contribution in [3.63, 3.8) is 0 Å². The first kappa shape index (κ1) is 12.7. The van der Waals surface area contributed by atoms with E-state index in [9.17, 15) is 10.1 Å². The number of hydrogen-bond donors (Lipinski definition) is 0. The Labute approximate surface area is 119 Å². The minimum absolute atomic E-state index is 0.0469. The van der Waals surface area contributed by atoms with Crippen LogP contribution in [0.5, 0.6) is 0 Å².